The quantitative estimate of drug-likeness (QED) is 0.422. The highest BCUT2D eigenvalue weighted by Crippen LogP contribution is 2.10. The molecule has 0 aromatic heterocycles. The van der Waals surface area contributed by atoms with Gasteiger partial charge in [-0.3, -0.25) is 9.59 Å². The van der Waals surface area contributed by atoms with E-state index in [2.05, 4.69) is 16.7 Å². The first-order chi connectivity index (χ1) is 10.2. The summed E-state index contributed by atoms with van der Waals surface area (Å²) in [5, 5.41) is 0.416. The van der Waals surface area contributed by atoms with E-state index in [1.807, 2.05) is 0 Å². The van der Waals surface area contributed by atoms with Crippen molar-refractivity contribution in [2.75, 3.05) is 6.61 Å². The van der Waals surface area contributed by atoms with Crippen LogP contribution in [0.4, 0.5) is 0 Å². The van der Waals surface area contributed by atoms with E-state index in [1.54, 1.807) is 6.92 Å². The predicted octanol–water partition coefficient (Wildman–Crippen LogP) is 1.58. The van der Waals surface area contributed by atoms with Crippen LogP contribution in [0.5, 0.6) is 0 Å². The number of carbonyl (C=O) groups is 3. The van der Waals surface area contributed by atoms with Crippen molar-refractivity contribution in [3.63, 3.8) is 0 Å². The van der Waals surface area contributed by atoms with Gasteiger partial charge in [-0.15, -0.1) is 11.0 Å². The number of ether oxygens (including phenoxy) is 1. The fourth-order valence-corrected chi connectivity index (χ4v) is 1.86. The molecular formula is C15H21NO5. The molecule has 116 valence electrons. The van der Waals surface area contributed by atoms with Crippen molar-refractivity contribution in [3.05, 3.63) is 0 Å². The summed E-state index contributed by atoms with van der Waals surface area (Å²) in [6.45, 7) is 1.46. The Balaban J connectivity index is 2.38. The Bertz CT molecular complexity index is 424. The zero-order valence-corrected chi connectivity index (χ0v) is 12.3. The number of hydrogen-bond donors (Lipinski definition) is 0. The van der Waals surface area contributed by atoms with Crippen LogP contribution in [-0.4, -0.2) is 36.1 Å². The van der Waals surface area contributed by atoms with Crippen LogP contribution in [0.2, 0.25) is 0 Å². The minimum Gasteiger partial charge on any atom is -0.354 e. The summed E-state index contributed by atoms with van der Waals surface area (Å²) in [7, 11) is 0. The second-order valence-electron chi connectivity index (χ2n) is 4.76. The maximum atomic E-state index is 11.6. The Morgan fingerprint density at radius 2 is 2.14 bits per heavy atom. The monoisotopic (exact) mass is 295 g/mol. The summed E-state index contributed by atoms with van der Waals surface area (Å²) in [4.78, 5) is 38.4. The van der Waals surface area contributed by atoms with E-state index >= 15 is 0 Å². The number of rotatable bonds is 6. The molecule has 0 aromatic rings. The van der Waals surface area contributed by atoms with Crippen molar-refractivity contribution in [1.29, 1.82) is 0 Å². The van der Waals surface area contributed by atoms with Crippen molar-refractivity contribution in [1.82, 2.24) is 5.06 Å². The summed E-state index contributed by atoms with van der Waals surface area (Å²) < 4.78 is 5.36. The van der Waals surface area contributed by atoms with Gasteiger partial charge in [0.15, 0.2) is 0 Å². The number of hydrogen-bond acceptors (Lipinski definition) is 5. The molecule has 6 nitrogen and oxygen atoms in total. The number of carbonyl (C=O) groups excluding carboxylic acids is 3. The molecule has 1 aliphatic rings. The SMILES string of the molecule is CCCC(=O)N(C=O)OC(=O)COC1C#CCCCCC1. The standard InChI is InChI=1S/C15H21NO5/c1-2-8-14(18)16(12-17)21-15(19)11-20-13-9-6-4-3-5-7-10-13/h12-13H,2-6,8-9,11H2,1H3. The maximum Gasteiger partial charge on any atom is 0.358 e. The van der Waals surface area contributed by atoms with Crippen LogP contribution in [0.25, 0.3) is 0 Å². The van der Waals surface area contributed by atoms with Gasteiger partial charge < -0.3 is 9.57 Å². The summed E-state index contributed by atoms with van der Waals surface area (Å²) in [6.07, 6.45) is 5.40. The first kappa shape index (κ1) is 17.2. The average molecular weight is 295 g/mol. The van der Waals surface area contributed by atoms with Crippen molar-refractivity contribution in [3.8, 4) is 11.8 Å². The van der Waals surface area contributed by atoms with Gasteiger partial charge in [0, 0.05) is 12.8 Å². The molecule has 0 aromatic carbocycles. The molecule has 2 amide bonds. The van der Waals surface area contributed by atoms with Crippen LogP contribution in [0.3, 0.4) is 0 Å². The topological polar surface area (TPSA) is 72.9 Å². The highest BCUT2D eigenvalue weighted by atomic mass is 16.7. The lowest BCUT2D eigenvalue weighted by atomic mass is 10.1. The van der Waals surface area contributed by atoms with Crippen molar-refractivity contribution >= 4 is 18.3 Å². The molecule has 0 N–H and O–H groups in total. The fraction of sp³-hybridized carbons (Fsp3) is 0.667. The van der Waals surface area contributed by atoms with Gasteiger partial charge in [-0.1, -0.05) is 19.3 Å². The van der Waals surface area contributed by atoms with Crippen LogP contribution in [-0.2, 0) is 24.0 Å². The van der Waals surface area contributed by atoms with Crippen LogP contribution in [0.15, 0.2) is 0 Å². The van der Waals surface area contributed by atoms with Crippen molar-refractivity contribution < 1.29 is 24.0 Å². The molecule has 0 saturated carbocycles. The third kappa shape index (κ3) is 6.91. The largest absolute Gasteiger partial charge is 0.358 e. The molecule has 21 heavy (non-hydrogen) atoms. The summed E-state index contributed by atoms with van der Waals surface area (Å²) in [5.41, 5.74) is 0. The normalized spacial score (nSPS) is 17.7. The van der Waals surface area contributed by atoms with Gasteiger partial charge >= 0.3 is 5.97 Å². The molecule has 6 heteroatoms. The Labute approximate surface area is 124 Å². The van der Waals surface area contributed by atoms with Crippen LogP contribution in [0, 0.1) is 11.8 Å². The second-order valence-corrected chi connectivity index (χ2v) is 4.76. The molecule has 0 fully saturated rings. The first-order valence-corrected chi connectivity index (χ1v) is 7.25. The van der Waals surface area contributed by atoms with Crippen LogP contribution >= 0.6 is 0 Å². The van der Waals surface area contributed by atoms with Crippen molar-refractivity contribution in [2.24, 2.45) is 0 Å². The molecule has 0 spiro atoms. The lowest BCUT2D eigenvalue weighted by Crippen LogP contribution is -2.34. The van der Waals surface area contributed by atoms with Crippen LogP contribution < -0.4 is 0 Å². The Hall–Kier alpha value is -1.87. The summed E-state index contributed by atoms with van der Waals surface area (Å²) in [5.74, 6) is 4.63. The Kier molecular flexibility index (Phi) is 8.14. The number of nitrogens with zero attached hydrogens (tertiary/aromatic N) is 1. The zero-order chi connectivity index (χ0) is 15.5. The lowest BCUT2D eigenvalue weighted by molar-refractivity contribution is -0.200. The van der Waals surface area contributed by atoms with Gasteiger partial charge in [0.2, 0.25) is 0 Å². The molecule has 0 heterocycles. The molecular weight excluding hydrogens is 274 g/mol. The molecule has 1 aliphatic carbocycles. The zero-order valence-electron chi connectivity index (χ0n) is 12.3. The molecule has 0 aliphatic heterocycles. The third-order valence-corrected chi connectivity index (χ3v) is 2.94. The van der Waals surface area contributed by atoms with Crippen molar-refractivity contribution in [2.45, 2.75) is 58.0 Å². The molecule has 0 bridgehead atoms. The summed E-state index contributed by atoms with van der Waals surface area (Å²) in [6, 6.07) is 0. The molecule has 1 unspecified atom stereocenters. The van der Waals surface area contributed by atoms with E-state index in [9.17, 15) is 14.4 Å². The number of amides is 2. The second kappa shape index (κ2) is 9.94. The van der Waals surface area contributed by atoms with Gasteiger partial charge in [0.05, 0.1) is 0 Å². The number of imide groups is 1. The lowest BCUT2D eigenvalue weighted by Gasteiger charge is -2.16. The van der Waals surface area contributed by atoms with Gasteiger partial charge in [-0.2, -0.15) is 0 Å². The van der Waals surface area contributed by atoms with E-state index < -0.39 is 11.9 Å². The van der Waals surface area contributed by atoms with Gasteiger partial charge in [0.25, 0.3) is 12.3 Å². The summed E-state index contributed by atoms with van der Waals surface area (Å²) >= 11 is 0. The van der Waals surface area contributed by atoms with E-state index in [0.29, 0.717) is 11.5 Å². The first-order valence-electron chi connectivity index (χ1n) is 7.25. The molecule has 1 atom stereocenters. The van der Waals surface area contributed by atoms with Crippen LogP contribution in [0.1, 0.15) is 51.9 Å². The van der Waals surface area contributed by atoms with E-state index in [-0.39, 0.29) is 25.5 Å². The maximum absolute atomic E-state index is 11.6. The minimum atomic E-state index is -0.782. The van der Waals surface area contributed by atoms with Gasteiger partial charge in [-0.05, 0) is 25.7 Å². The van der Waals surface area contributed by atoms with Gasteiger partial charge in [-0.25, -0.2) is 4.79 Å². The molecule has 0 radical (unpaired) electrons. The Morgan fingerprint density at radius 3 is 2.86 bits per heavy atom. The number of hydroxylamine groups is 2. The highest BCUT2D eigenvalue weighted by Gasteiger charge is 2.18. The average Bonchev–Trinajstić information content (AvgIpc) is 2.43. The minimum absolute atomic E-state index is 0.140. The van der Waals surface area contributed by atoms with E-state index in [0.717, 1.165) is 32.1 Å². The van der Waals surface area contributed by atoms with E-state index in [4.69, 9.17) is 4.74 Å². The highest BCUT2D eigenvalue weighted by molar-refractivity contribution is 5.86. The van der Waals surface area contributed by atoms with E-state index in [1.165, 1.54) is 0 Å². The van der Waals surface area contributed by atoms with Gasteiger partial charge in [0.1, 0.15) is 12.7 Å². The predicted molar refractivity (Wildman–Crippen MR) is 74.5 cm³/mol. The fourth-order valence-electron chi connectivity index (χ4n) is 1.86. The third-order valence-electron chi connectivity index (χ3n) is 2.94. The molecule has 0 saturated heterocycles. The Morgan fingerprint density at radius 1 is 1.33 bits per heavy atom. The molecule has 1 rings (SSSR count). The smallest absolute Gasteiger partial charge is 0.354 e.